The highest BCUT2D eigenvalue weighted by atomic mass is 16.4. The summed E-state index contributed by atoms with van der Waals surface area (Å²) in [6, 6.07) is 0. The van der Waals surface area contributed by atoms with Crippen LogP contribution >= 0.6 is 0 Å². The Morgan fingerprint density at radius 3 is 2.50 bits per heavy atom. The molecule has 1 heterocycles. The lowest BCUT2D eigenvalue weighted by atomic mass is 9.97. The highest BCUT2D eigenvalue weighted by Crippen LogP contribution is 2.17. The largest absolute Gasteiger partial charge is 0.481 e. The smallest absolute Gasteiger partial charge is 0.306 e. The Balaban J connectivity index is 2.22. The van der Waals surface area contributed by atoms with E-state index in [1.165, 1.54) is 5.57 Å². The number of hydrogen-bond donors (Lipinski definition) is 1. The second-order valence-corrected chi connectivity index (χ2v) is 4.16. The van der Waals surface area contributed by atoms with Crippen molar-refractivity contribution in [3.63, 3.8) is 0 Å². The number of carbonyl (C=O) groups is 1. The molecule has 14 heavy (non-hydrogen) atoms. The summed E-state index contributed by atoms with van der Waals surface area (Å²) in [7, 11) is 0. The minimum atomic E-state index is -0.635. The lowest BCUT2D eigenvalue weighted by molar-refractivity contribution is -0.143. The van der Waals surface area contributed by atoms with Gasteiger partial charge in [0.2, 0.25) is 0 Å². The molecule has 0 unspecified atom stereocenters. The molecule has 0 radical (unpaired) electrons. The average molecular weight is 197 g/mol. The molecule has 1 fully saturated rings. The molecule has 80 valence electrons. The van der Waals surface area contributed by atoms with E-state index in [-0.39, 0.29) is 5.92 Å². The Morgan fingerprint density at radius 1 is 1.50 bits per heavy atom. The van der Waals surface area contributed by atoms with Gasteiger partial charge >= 0.3 is 5.97 Å². The van der Waals surface area contributed by atoms with Crippen LogP contribution in [-0.4, -0.2) is 35.6 Å². The van der Waals surface area contributed by atoms with Crippen molar-refractivity contribution in [2.75, 3.05) is 19.6 Å². The molecule has 0 saturated carbocycles. The first kappa shape index (κ1) is 11.2. The lowest BCUT2D eigenvalue weighted by Gasteiger charge is -2.29. The zero-order chi connectivity index (χ0) is 10.6. The third-order valence-corrected chi connectivity index (χ3v) is 2.79. The fourth-order valence-electron chi connectivity index (χ4n) is 1.75. The predicted octanol–water partition coefficient (Wildman–Crippen LogP) is 1.75. The van der Waals surface area contributed by atoms with Crippen LogP contribution in [0.1, 0.15) is 26.2 Å². The van der Waals surface area contributed by atoms with Crippen molar-refractivity contribution in [1.29, 1.82) is 0 Å². The number of carboxylic acid groups (broad SMARTS) is 1. The van der Waals surface area contributed by atoms with Crippen LogP contribution in [0, 0.1) is 5.92 Å². The van der Waals surface area contributed by atoms with Crippen molar-refractivity contribution in [1.82, 2.24) is 4.90 Å². The standard InChI is InChI=1S/C11H19NO2/c1-9(2)3-6-12-7-4-10(5-8-12)11(13)14/h10H,1,3-8H2,2H3,(H,13,14). The Bertz CT molecular complexity index is 217. The van der Waals surface area contributed by atoms with Gasteiger partial charge < -0.3 is 10.0 Å². The Hall–Kier alpha value is -0.830. The number of nitrogens with zero attached hydrogens (tertiary/aromatic N) is 1. The summed E-state index contributed by atoms with van der Waals surface area (Å²) in [5, 5.41) is 8.81. The third kappa shape index (κ3) is 3.50. The highest BCUT2D eigenvalue weighted by molar-refractivity contribution is 5.70. The third-order valence-electron chi connectivity index (χ3n) is 2.79. The van der Waals surface area contributed by atoms with Gasteiger partial charge in [-0.15, -0.1) is 6.58 Å². The highest BCUT2D eigenvalue weighted by Gasteiger charge is 2.23. The lowest BCUT2D eigenvalue weighted by Crippen LogP contribution is -2.36. The van der Waals surface area contributed by atoms with Crippen LogP contribution in [-0.2, 0) is 4.79 Å². The zero-order valence-electron chi connectivity index (χ0n) is 8.83. The number of piperidine rings is 1. The van der Waals surface area contributed by atoms with E-state index < -0.39 is 5.97 Å². The van der Waals surface area contributed by atoms with E-state index in [0.717, 1.165) is 38.9 Å². The van der Waals surface area contributed by atoms with Crippen LogP contribution in [0.3, 0.4) is 0 Å². The van der Waals surface area contributed by atoms with Crippen molar-refractivity contribution in [3.8, 4) is 0 Å². The molecule has 0 aromatic heterocycles. The number of hydrogen-bond acceptors (Lipinski definition) is 2. The molecule has 1 aliphatic rings. The van der Waals surface area contributed by atoms with Crippen LogP contribution < -0.4 is 0 Å². The molecule has 3 heteroatoms. The Labute approximate surface area is 85.4 Å². The molecule has 0 atom stereocenters. The van der Waals surface area contributed by atoms with E-state index in [1.54, 1.807) is 0 Å². The Kier molecular flexibility index (Phi) is 4.14. The van der Waals surface area contributed by atoms with E-state index in [1.807, 2.05) is 6.92 Å². The summed E-state index contributed by atoms with van der Waals surface area (Å²) in [4.78, 5) is 13.0. The van der Waals surface area contributed by atoms with E-state index in [9.17, 15) is 4.79 Å². The van der Waals surface area contributed by atoms with Gasteiger partial charge in [0, 0.05) is 6.54 Å². The van der Waals surface area contributed by atoms with Crippen LogP contribution in [0.15, 0.2) is 12.2 Å². The molecule has 0 aliphatic carbocycles. The molecule has 1 rings (SSSR count). The second-order valence-electron chi connectivity index (χ2n) is 4.16. The average Bonchev–Trinajstić information content (AvgIpc) is 2.15. The number of carboxylic acids is 1. The maximum atomic E-state index is 10.7. The van der Waals surface area contributed by atoms with Gasteiger partial charge in [-0.1, -0.05) is 5.57 Å². The SMILES string of the molecule is C=C(C)CCN1CCC(C(=O)O)CC1. The van der Waals surface area contributed by atoms with Crippen LogP contribution in [0.5, 0.6) is 0 Å². The minimum absolute atomic E-state index is 0.115. The van der Waals surface area contributed by atoms with Gasteiger partial charge in [-0.3, -0.25) is 4.79 Å². The van der Waals surface area contributed by atoms with Gasteiger partial charge in [-0.25, -0.2) is 0 Å². The van der Waals surface area contributed by atoms with Crippen LogP contribution in [0.2, 0.25) is 0 Å². The fourth-order valence-corrected chi connectivity index (χ4v) is 1.75. The fraction of sp³-hybridized carbons (Fsp3) is 0.727. The van der Waals surface area contributed by atoms with Crippen molar-refractivity contribution in [2.45, 2.75) is 26.2 Å². The minimum Gasteiger partial charge on any atom is -0.481 e. The number of likely N-dealkylation sites (tertiary alicyclic amines) is 1. The Morgan fingerprint density at radius 2 is 2.07 bits per heavy atom. The van der Waals surface area contributed by atoms with Crippen molar-refractivity contribution in [2.24, 2.45) is 5.92 Å². The summed E-state index contributed by atoms with van der Waals surface area (Å²) in [5.41, 5.74) is 1.20. The molecule has 0 aromatic carbocycles. The molecule has 0 bridgehead atoms. The van der Waals surface area contributed by atoms with E-state index >= 15 is 0 Å². The summed E-state index contributed by atoms with van der Waals surface area (Å²) in [5.74, 6) is -0.749. The van der Waals surface area contributed by atoms with Crippen molar-refractivity contribution < 1.29 is 9.90 Å². The normalized spacial score (nSPS) is 19.5. The molecule has 0 spiro atoms. The second kappa shape index (κ2) is 5.15. The van der Waals surface area contributed by atoms with E-state index in [4.69, 9.17) is 5.11 Å². The topological polar surface area (TPSA) is 40.5 Å². The van der Waals surface area contributed by atoms with Crippen LogP contribution in [0.25, 0.3) is 0 Å². The predicted molar refractivity (Wildman–Crippen MR) is 56.2 cm³/mol. The molecular weight excluding hydrogens is 178 g/mol. The zero-order valence-corrected chi connectivity index (χ0v) is 8.83. The molecule has 1 aliphatic heterocycles. The van der Waals surface area contributed by atoms with Gasteiger partial charge in [0.15, 0.2) is 0 Å². The molecule has 3 nitrogen and oxygen atoms in total. The van der Waals surface area contributed by atoms with Crippen molar-refractivity contribution >= 4 is 5.97 Å². The van der Waals surface area contributed by atoms with E-state index in [2.05, 4.69) is 11.5 Å². The molecule has 1 N–H and O–H groups in total. The molecule has 0 aromatic rings. The maximum absolute atomic E-state index is 10.7. The number of aliphatic carboxylic acids is 1. The summed E-state index contributed by atoms with van der Waals surface area (Å²) >= 11 is 0. The first-order valence-corrected chi connectivity index (χ1v) is 5.19. The molecular formula is C11H19NO2. The maximum Gasteiger partial charge on any atom is 0.306 e. The van der Waals surface area contributed by atoms with Gasteiger partial charge in [0.05, 0.1) is 5.92 Å². The monoisotopic (exact) mass is 197 g/mol. The summed E-state index contributed by atoms with van der Waals surface area (Å²) in [6.45, 7) is 8.76. The van der Waals surface area contributed by atoms with E-state index in [0.29, 0.717) is 0 Å². The summed E-state index contributed by atoms with van der Waals surface area (Å²) < 4.78 is 0. The first-order valence-electron chi connectivity index (χ1n) is 5.19. The molecule has 1 saturated heterocycles. The van der Waals surface area contributed by atoms with Gasteiger partial charge in [-0.05, 0) is 39.3 Å². The summed E-state index contributed by atoms with van der Waals surface area (Å²) in [6.07, 6.45) is 2.62. The number of rotatable bonds is 4. The molecule has 0 amide bonds. The van der Waals surface area contributed by atoms with Gasteiger partial charge in [-0.2, -0.15) is 0 Å². The van der Waals surface area contributed by atoms with Crippen LogP contribution in [0.4, 0.5) is 0 Å². The van der Waals surface area contributed by atoms with Gasteiger partial charge in [0.25, 0.3) is 0 Å². The van der Waals surface area contributed by atoms with Gasteiger partial charge in [0.1, 0.15) is 0 Å². The quantitative estimate of drug-likeness (QED) is 0.698. The first-order chi connectivity index (χ1) is 6.59. The van der Waals surface area contributed by atoms with Crippen molar-refractivity contribution in [3.05, 3.63) is 12.2 Å².